The summed E-state index contributed by atoms with van der Waals surface area (Å²) in [5.41, 5.74) is 3.11. The third-order valence-electron chi connectivity index (χ3n) is 5.05. The Balaban J connectivity index is 1.59. The van der Waals surface area contributed by atoms with Gasteiger partial charge in [0.1, 0.15) is 34.0 Å². The number of anilines is 1. The fourth-order valence-electron chi connectivity index (χ4n) is 3.51. The standard InChI is InChI=1S/C23H27N7O2S/c1-5-32-23(31)20-15(2)19-21(27-18(12-29(3)4)28-22(19)33-20)25-10-16-6-8-17(9-7-16)11-30-14-24-13-26-30/h6-9,13-14H,5,10-12H2,1-4H3,(H,25,27,28). The van der Waals surface area contributed by atoms with Crippen molar-refractivity contribution in [2.75, 3.05) is 26.0 Å². The second-order valence-corrected chi connectivity index (χ2v) is 8.95. The Labute approximate surface area is 196 Å². The lowest BCUT2D eigenvalue weighted by molar-refractivity contribution is 0.0531. The van der Waals surface area contributed by atoms with E-state index in [0.717, 1.165) is 32.7 Å². The molecule has 4 aromatic rings. The molecule has 9 nitrogen and oxygen atoms in total. The van der Waals surface area contributed by atoms with Crippen molar-refractivity contribution < 1.29 is 9.53 Å². The zero-order chi connectivity index (χ0) is 23.4. The first-order valence-corrected chi connectivity index (χ1v) is 11.5. The van der Waals surface area contributed by atoms with Crippen molar-refractivity contribution in [1.29, 1.82) is 0 Å². The molecular formula is C23H27N7O2S. The molecule has 0 unspecified atom stereocenters. The number of benzene rings is 1. The topological polar surface area (TPSA) is 98.1 Å². The van der Waals surface area contributed by atoms with Crippen molar-refractivity contribution in [2.24, 2.45) is 0 Å². The lowest BCUT2D eigenvalue weighted by atomic mass is 10.1. The van der Waals surface area contributed by atoms with Crippen LogP contribution in [0.15, 0.2) is 36.9 Å². The van der Waals surface area contributed by atoms with Crippen LogP contribution in [0.5, 0.6) is 0 Å². The number of esters is 1. The van der Waals surface area contributed by atoms with Gasteiger partial charge in [0, 0.05) is 6.54 Å². The minimum Gasteiger partial charge on any atom is -0.462 e. The van der Waals surface area contributed by atoms with Gasteiger partial charge in [-0.25, -0.2) is 24.4 Å². The Hall–Kier alpha value is -3.37. The molecule has 3 aromatic heterocycles. The van der Waals surface area contributed by atoms with Crippen LogP contribution in [0, 0.1) is 6.92 Å². The molecule has 0 aliphatic carbocycles. The zero-order valence-electron chi connectivity index (χ0n) is 19.2. The quantitative estimate of drug-likeness (QED) is 0.375. The number of carbonyl (C=O) groups is 1. The monoisotopic (exact) mass is 465 g/mol. The number of nitrogens with zero attached hydrogens (tertiary/aromatic N) is 6. The van der Waals surface area contributed by atoms with E-state index in [9.17, 15) is 4.79 Å². The lowest BCUT2D eigenvalue weighted by Crippen LogP contribution is -2.14. The van der Waals surface area contributed by atoms with Crippen molar-refractivity contribution >= 4 is 33.3 Å². The maximum Gasteiger partial charge on any atom is 0.348 e. The normalized spacial score (nSPS) is 11.3. The molecule has 0 amide bonds. The minimum absolute atomic E-state index is 0.318. The predicted octanol–water partition coefficient (Wildman–Crippen LogP) is 3.49. The second-order valence-electron chi connectivity index (χ2n) is 7.95. The minimum atomic E-state index is -0.318. The lowest BCUT2D eigenvalue weighted by Gasteiger charge is -2.12. The molecule has 3 heterocycles. The summed E-state index contributed by atoms with van der Waals surface area (Å²) in [4.78, 5) is 29.3. The van der Waals surface area contributed by atoms with Gasteiger partial charge in [-0.05, 0) is 44.6 Å². The van der Waals surface area contributed by atoms with E-state index in [2.05, 4.69) is 39.7 Å². The molecule has 172 valence electrons. The Morgan fingerprint density at radius 1 is 1.18 bits per heavy atom. The highest BCUT2D eigenvalue weighted by Crippen LogP contribution is 2.34. The number of carbonyl (C=O) groups excluding carboxylic acids is 1. The van der Waals surface area contributed by atoms with Gasteiger partial charge >= 0.3 is 5.97 Å². The van der Waals surface area contributed by atoms with Crippen LogP contribution in [0.1, 0.15) is 39.1 Å². The highest BCUT2D eigenvalue weighted by atomic mass is 32.1. The number of hydrogen-bond donors (Lipinski definition) is 1. The summed E-state index contributed by atoms with van der Waals surface area (Å²) in [6, 6.07) is 8.34. The molecule has 0 fully saturated rings. The maximum absolute atomic E-state index is 12.4. The Bertz CT molecular complexity index is 1230. The van der Waals surface area contributed by atoms with Gasteiger partial charge in [-0.1, -0.05) is 24.3 Å². The van der Waals surface area contributed by atoms with Gasteiger partial charge < -0.3 is 15.0 Å². The number of aromatic nitrogens is 5. The Kier molecular flexibility index (Phi) is 6.95. The number of rotatable bonds is 9. The summed E-state index contributed by atoms with van der Waals surface area (Å²) in [5, 5.41) is 8.48. The molecule has 33 heavy (non-hydrogen) atoms. The molecule has 0 aliphatic rings. The number of ether oxygens (including phenoxy) is 1. The van der Waals surface area contributed by atoms with Crippen molar-refractivity contribution in [3.8, 4) is 0 Å². The van der Waals surface area contributed by atoms with Gasteiger partial charge in [0.05, 0.1) is 25.1 Å². The molecule has 0 saturated carbocycles. The highest BCUT2D eigenvalue weighted by Gasteiger charge is 2.21. The van der Waals surface area contributed by atoms with Crippen LogP contribution in [0.3, 0.4) is 0 Å². The van der Waals surface area contributed by atoms with Crippen LogP contribution in [-0.2, 0) is 24.4 Å². The third kappa shape index (κ3) is 5.35. The number of nitrogens with one attached hydrogen (secondary N) is 1. The van der Waals surface area contributed by atoms with Crippen LogP contribution in [0.4, 0.5) is 5.82 Å². The van der Waals surface area contributed by atoms with Gasteiger partial charge in [-0.3, -0.25) is 0 Å². The SMILES string of the molecule is CCOC(=O)c1sc2nc(CN(C)C)nc(NCc3ccc(Cn4cncn4)cc3)c2c1C. The van der Waals surface area contributed by atoms with Crippen molar-refractivity contribution in [3.63, 3.8) is 0 Å². The van der Waals surface area contributed by atoms with E-state index < -0.39 is 0 Å². The van der Waals surface area contributed by atoms with E-state index in [-0.39, 0.29) is 5.97 Å². The van der Waals surface area contributed by atoms with Crippen LogP contribution in [0.2, 0.25) is 0 Å². The van der Waals surface area contributed by atoms with E-state index in [1.54, 1.807) is 17.9 Å². The molecule has 0 bridgehead atoms. The molecule has 0 radical (unpaired) electrons. The molecule has 1 N–H and O–H groups in total. The first kappa shape index (κ1) is 22.8. The van der Waals surface area contributed by atoms with Gasteiger partial charge in [0.15, 0.2) is 0 Å². The third-order valence-corrected chi connectivity index (χ3v) is 6.21. The first-order valence-electron chi connectivity index (χ1n) is 10.7. The Morgan fingerprint density at radius 3 is 2.61 bits per heavy atom. The first-order chi connectivity index (χ1) is 15.9. The molecule has 0 aliphatic heterocycles. The molecule has 0 saturated heterocycles. The van der Waals surface area contributed by atoms with Gasteiger partial charge in [-0.15, -0.1) is 11.3 Å². The number of thiophene rings is 1. The number of fused-ring (bicyclic) bond motifs is 1. The van der Waals surface area contributed by atoms with E-state index >= 15 is 0 Å². The fourth-order valence-corrected chi connectivity index (χ4v) is 4.60. The van der Waals surface area contributed by atoms with Crippen molar-refractivity contribution in [3.05, 3.63) is 64.3 Å². The largest absolute Gasteiger partial charge is 0.462 e. The molecule has 10 heteroatoms. The summed E-state index contributed by atoms with van der Waals surface area (Å²) in [6.07, 6.45) is 3.24. The van der Waals surface area contributed by atoms with Crippen LogP contribution in [0.25, 0.3) is 10.2 Å². The van der Waals surface area contributed by atoms with E-state index in [1.165, 1.54) is 17.7 Å². The van der Waals surface area contributed by atoms with E-state index in [0.29, 0.717) is 36.9 Å². The van der Waals surface area contributed by atoms with Crippen LogP contribution in [-0.4, -0.2) is 56.3 Å². The van der Waals surface area contributed by atoms with Crippen LogP contribution < -0.4 is 5.32 Å². The highest BCUT2D eigenvalue weighted by molar-refractivity contribution is 7.20. The molecule has 1 aromatic carbocycles. The summed E-state index contributed by atoms with van der Waals surface area (Å²) in [7, 11) is 3.95. The number of aryl methyl sites for hydroxylation is 1. The summed E-state index contributed by atoms with van der Waals surface area (Å²) >= 11 is 1.36. The average Bonchev–Trinajstić information content (AvgIpc) is 3.40. The summed E-state index contributed by atoms with van der Waals surface area (Å²) < 4.78 is 7.02. The fraction of sp³-hybridized carbons (Fsp3) is 0.348. The van der Waals surface area contributed by atoms with Gasteiger partial charge in [0.25, 0.3) is 0 Å². The summed E-state index contributed by atoms with van der Waals surface area (Å²) in [5.74, 6) is 1.11. The molecular weight excluding hydrogens is 438 g/mol. The van der Waals surface area contributed by atoms with Crippen molar-refractivity contribution in [1.82, 2.24) is 29.6 Å². The Morgan fingerprint density at radius 2 is 1.94 bits per heavy atom. The molecule has 0 spiro atoms. The smallest absolute Gasteiger partial charge is 0.348 e. The zero-order valence-corrected chi connectivity index (χ0v) is 20.0. The van der Waals surface area contributed by atoms with Crippen molar-refractivity contribution in [2.45, 2.75) is 33.5 Å². The van der Waals surface area contributed by atoms with Crippen LogP contribution >= 0.6 is 11.3 Å². The maximum atomic E-state index is 12.4. The summed E-state index contributed by atoms with van der Waals surface area (Å²) in [6.45, 7) is 5.94. The number of hydrogen-bond acceptors (Lipinski definition) is 9. The molecule has 0 atom stereocenters. The van der Waals surface area contributed by atoms with Gasteiger partial charge in [-0.2, -0.15) is 5.10 Å². The van der Waals surface area contributed by atoms with E-state index in [1.807, 2.05) is 25.9 Å². The van der Waals surface area contributed by atoms with E-state index in [4.69, 9.17) is 14.7 Å². The molecule has 4 rings (SSSR count). The predicted molar refractivity (Wildman–Crippen MR) is 128 cm³/mol. The van der Waals surface area contributed by atoms with Gasteiger partial charge in [0.2, 0.25) is 0 Å². The average molecular weight is 466 g/mol. The second kappa shape index (κ2) is 10.1.